The van der Waals surface area contributed by atoms with Gasteiger partial charge >= 0.3 is 0 Å². The van der Waals surface area contributed by atoms with Crippen LogP contribution in [-0.4, -0.2) is 27.2 Å². The topological polar surface area (TPSA) is 38.5 Å². The third-order valence-corrected chi connectivity index (χ3v) is 2.85. The van der Waals surface area contributed by atoms with Crippen molar-refractivity contribution in [2.24, 2.45) is 11.1 Å². The summed E-state index contributed by atoms with van der Waals surface area (Å²) in [6.45, 7) is 4.95. The first-order valence-electron chi connectivity index (χ1n) is 5.75. The Hall–Kier alpha value is -1.36. The molecule has 0 radical (unpaired) electrons. The molecule has 3 nitrogen and oxygen atoms in total. The van der Waals surface area contributed by atoms with Crippen LogP contribution in [0.4, 0.5) is 14.5 Å². The second kappa shape index (κ2) is 5.52. The summed E-state index contributed by atoms with van der Waals surface area (Å²) in [4.78, 5) is 1.66. The van der Waals surface area contributed by atoms with Gasteiger partial charge < -0.3 is 15.4 Å². The Morgan fingerprint density at radius 3 is 2.39 bits per heavy atom. The molecule has 0 saturated carbocycles. The number of hydrogen-bond acceptors (Lipinski definition) is 3. The van der Waals surface area contributed by atoms with Crippen LogP contribution in [-0.2, 0) is 0 Å². The van der Waals surface area contributed by atoms with Crippen molar-refractivity contribution in [3.8, 4) is 5.75 Å². The van der Waals surface area contributed by atoms with Crippen molar-refractivity contribution in [3.63, 3.8) is 0 Å². The zero-order valence-corrected chi connectivity index (χ0v) is 11.3. The van der Waals surface area contributed by atoms with Gasteiger partial charge in [-0.15, -0.1) is 0 Å². The number of methoxy groups -OCH3 is 1. The highest BCUT2D eigenvalue weighted by Gasteiger charge is 2.21. The highest BCUT2D eigenvalue weighted by molar-refractivity contribution is 5.51. The quantitative estimate of drug-likeness (QED) is 0.881. The molecule has 18 heavy (non-hydrogen) atoms. The third kappa shape index (κ3) is 3.32. The standard InChI is InChI=1S/C13H20F2N2O/c1-13(2,7-16)8-17(3)11-5-10(15)12(18-4)6-9(11)14/h5-6H,7-8,16H2,1-4H3. The molecule has 0 aliphatic heterocycles. The Morgan fingerprint density at radius 1 is 1.28 bits per heavy atom. The Morgan fingerprint density at radius 2 is 1.89 bits per heavy atom. The van der Waals surface area contributed by atoms with E-state index in [1.807, 2.05) is 13.8 Å². The van der Waals surface area contributed by atoms with E-state index < -0.39 is 11.6 Å². The molecule has 5 heteroatoms. The van der Waals surface area contributed by atoms with E-state index in [4.69, 9.17) is 10.5 Å². The molecule has 1 aromatic rings. The first-order chi connectivity index (χ1) is 8.30. The van der Waals surface area contributed by atoms with Crippen LogP contribution in [0, 0.1) is 17.0 Å². The molecule has 0 aliphatic carbocycles. The van der Waals surface area contributed by atoms with E-state index in [9.17, 15) is 8.78 Å². The molecule has 1 aromatic carbocycles. The molecule has 0 spiro atoms. The molecule has 0 saturated heterocycles. The van der Waals surface area contributed by atoms with Crippen LogP contribution in [0.5, 0.6) is 5.75 Å². The van der Waals surface area contributed by atoms with Gasteiger partial charge in [0.05, 0.1) is 12.8 Å². The fourth-order valence-electron chi connectivity index (χ4n) is 1.76. The number of halogens is 2. The number of anilines is 1. The SMILES string of the molecule is COc1cc(F)c(N(C)CC(C)(C)CN)cc1F. The average Bonchev–Trinajstić information content (AvgIpc) is 2.30. The number of rotatable bonds is 5. The largest absolute Gasteiger partial charge is 0.494 e. The van der Waals surface area contributed by atoms with E-state index in [-0.39, 0.29) is 16.9 Å². The molecule has 2 N–H and O–H groups in total. The maximum Gasteiger partial charge on any atom is 0.167 e. The minimum atomic E-state index is -0.577. The highest BCUT2D eigenvalue weighted by Crippen LogP contribution is 2.28. The Labute approximate surface area is 107 Å². The van der Waals surface area contributed by atoms with E-state index >= 15 is 0 Å². The van der Waals surface area contributed by atoms with Gasteiger partial charge in [0.1, 0.15) is 5.82 Å². The van der Waals surface area contributed by atoms with Gasteiger partial charge in [0.25, 0.3) is 0 Å². The Kier molecular flexibility index (Phi) is 4.51. The van der Waals surface area contributed by atoms with E-state index in [2.05, 4.69) is 0 Å². The second-order valence-corrected chi connectivity index (χ2v) is 5.16. The number of nitrogens with two attached hydrogens (primary N) is 1. The molecular weight excluding hydrogens is 238 g/mol. The van der Waals surface area contributed by atoms with Gasteiger partial charge in [0.2, 0.25) is 0 Å². The van der Waals surface area contributed by atoms with Crippen LogP contribution in [0.15, 0.2) is 12.1 Å². The number of hydrogen-bond donors (Lipinski definition) is 1. The van der Waals surface area contributed by atoms with Crippen LogP contribution >= 0.6 is 0 Å². The van der Waals surface area contributed by atoms with Crippen LogP contribution in [0.1, 0.15) is 13.8 Å². The van der Waals surface area contributed by atoms with Crippen LogP contribution in [0.3, 0.4) is 0 Å². The minimum Gasteiger partial charge on any atom is -0.494 e. The van der Waals surface area contributed by atoms with Gasteiger partial charge in [0.15, 0.2) is 11.6 Å². The van der Waals surface area contributed by atoms with Crippen molar-refractivity contribution in [1.82, 2.24) is 0 Å². The molecule has 0 aliphatic rings. The monoisotopic (exact) mass is 258 g/mol. The Bertz CT molecular complexity index is 422. The van der Waals surface area contributed by atoms with Gasteiger partial charge in [0, 0.05) is 25.7 Å². The summed E-state index contributed by atoms with van der Waals surface area (Å²) in [7, 11) is 3.01. The molecule has 0 bridgehead atoms. The zero-order valence-electron chi connectivity index (χ0n) is 11.3. The molecular formula is C13H20F2N2O. The first-order valence-corrected chi connectivity index (χ1v) is 5.75. The summed E-state index contributed by atoms with van der Waals surface area (Å²) < 4.78 is 32.1. The summed E-state index contributed by atoms with van der Waals surface area (Å²) in [5.41, 5.74) is 5.67. The van der Waals surface area contributed by atoms with E-state index in [1.165, 1.54) is 7.11 Å². The van der Waals surface area contributed by atoms with Crippen LogP contribution < -0.4 is 15.4 Å². The predicted octanol–water partition coefficient (Wildman–Crippen LogP) is 2.39. The average molecular weight is 258 g/mol. The van der Waals surface area contributed by atoms with Crippen molar-refractivity contribution in [3.05, 3.63) is 23.8 Å². The number of nitrogens with zero attached hydrogens (tertiary/aromatic N) is 1. The smallest absolute Gasteiger partial charge is 0.167 e. The lowest BCUT2D eigenvalue weighted by Gasteiger charge is -2.30. The molecule has 1 rings (SSSR count). The second-order valence-electron chi connectivity index (χ2n) is 5.16. The molecule has 0 aromatic heterocycles. The maximum atomic E-state index is 13.8. The lowest BCUT2D eigenvalue weighted by molar-refractivity contribution is 0.377. The Balaban J connectivity index is 2.99. The summed E-state index contributed by atoms with van der Waals surface area (Å²) in [5.74, 6) is -1.18. The van der Waals surface area contributed by atoms with Gasteiger partial charge in [-0.2, -0.15) is 0 Å². The van der Waals surface area contributed by atoms with Gasteiger partial charge in [-0.1, -0.05) is 13.8 Å². The van der Waals surface area contributed by atoms with Crippen molar-refractivity contribution in [1.29, 1.82) is 0 Å². The molecule has 0 atom stereocenters. The van der Waals surface area contributed by atoms with Crippen LogP contribution in [0.25, 0.3) is 0 Å². The molecule has 0 unspecified atom stereocenters. The van der Waals surface area contributed by atoms with Gasteiger partial charge in [-0.05, 0) is 12.0 Å². The van der Waals surface area contributed by atoms with Gasteiger partial charge in [-0.25, -0.2) is 8.78 Å². The summed E-state index contributed by atoms with van der Waals surface area (Å²) in [5, 5.41) is 0. The fourth-order valence-corrected chi connectivity index (χ4v) is 1.76. The maximum absolute atomic E-state index is 13.8. The third-order valence-electron chi connectivity index (χ3n) is 2.85. The number of ether oxygens (including phenoxy) is 1. The van der Waals surface area contributed by atoms with E-state index in [1.54, 1.807) is 11.9 Å². The van der Waals surface area contributed by atoms with Crippen molar-refractivity contribution < 1.29 is 13.5 Å². The zero-order chi connectivity index (χ0) is 13.9. The first kappa shape index (κ1) is 14.7. The summed E-state index contributed by atoms with van der Waals surface area (Å²) in [6, 6.07) is 2.19. The lowest BCUT2D eigenvalue weighted by Crippen LogP contribution is -2.37. The minimum absolute atomic E-state index is 0.0947. The van der Waals surface area contributed by atoms with Crippen molar-refractivity contribution in [2.45, 2.75) is 13.8 Å². The molecule has 0 fully saturated rings. The summed E-state index contributed by atoms with van der Waals surface area (Å²) in [6.07, 6.45) is 0. The van der Waals surface area contributed by atoms with E-state index in [0.717, 1.165) is 12.1 Å². The summed E-state index contributed by atoms with van der Waals surface area (Å²) >= 11 is 0. The van der Waals surface area contributed by atoms with Crippen LogP contribution in [0.2, 0.25) is 0 Å². The fraction of sp³-hybridized carbons (Fsp3) is 0.538. The van der Waals surface area contributed by atoms with Crippen molar-refractivity contribution >= 4 is 5.69 Å². The highest BCUT2D eigenvalue weighted by atomic mass is 19.1. The normalized spacial score (nSPS) is 11.5. The molecule has 0 amide bonds. The molecule has 102 valence electrons. The van der Waals surface area contributed by atoms with E-state index in [0.29, 0.717) is 13.1 Å². The lowest BCUT2D eigenvalue weighted by atomic mass is 9.93. The van der Waals surface area contributed by atoms with Crippen molar-refractivity contribution in [2.75, 3.05) is 32.1 Å². The molecule has 0 heterocycles. The number of benzene rings is 1. The predicted molar refractivity (Wildman–Crippen MR) is 69.0 cm³/mol. The van der Waals surface area contributed by atoms with Gasteiger partial charge in [-0.3, -0.25) is 0 Å².